The van der Waals surface area contributed by atoms with E-state index in [1.165, 1.54) is 29.8 Å². The Hall–Kier alpha value is -2.81. The van der Waals surface area contributed by atoms with Crippen LogP contribution in [0, 0.1) is 5.82 Å². The maximum Gasteiger partial charge on any atom is 0.254 e. The number of carbonyl (C=O) groups is 2. The maximum atomic E-state index is 13.5. The summed E-state index contributed by atoms with van der Waals surface area (Å²) in [7, 11) is 1.68. The molecule has 0 saturated carbocycles. The zero-order chi connectivity index (χ0) is 23.9. The zero-order valence-electron chi connectivity index (χ0n) is 19.7. The molecule has 2 aromatic rings. The number of nitrogens with zero attached hydrogens (tertiary/aromatic N) is 3. The van der Waals surface area contributed by atoms with E-state index in [2.05, 4.69) is 22.3 Å². The molecule has 8 heteroatoms. The molecule has 2 atom stereocenters. The van der Waals surface area contributed by atoms with Crippen molar-refractivity contribution in [2.45, 2.75) is 25.0 Å². The maximum absolute atomic E-state index is 13.5. The summed E-state index contributed by atoms with van der Waals surface area (Å²) in [6.45, 7) is 5.18. The molecule has 2 aliphatic heterocycles. The fraction of sp³-hybridized carbons (Fsp3) is 0.462. The summed E-state index contributed by atoms with van der Waals surface area (Å²) >= 11 is 0. The van der Waals surface area contributed by atoms with Crippen LogP contribution in [-0.2, 0) is 16.1 Å². The van der Waals surface area contributed by atoms with Crippen LogP contribution in [0.25, 0.3) is 0 Å². The highest BCUT2D eigenvalue weighted by atomic mass is 19.1. The average molecular weight is 469 g/mol. The van der Waals surface area contributed by atoms with Crippen LogP contribution in [0.1, 0.15) is 22.3 Å². The first-order chi connectivity index (χ1) is 16.6. The highest BCUT2D eigenvalue weighted by Gasteiger charge is 2.43. The SMILES string of the molecule is COCCN(Cc1ccccc1)C1CC(C(=O)N2CCNCC2)N(C(=O)c2ccc(F)cc2)C1. The molecule has 2 unspecified atom stereocenters. The topological polar surface area (TPSA) is 65.1 Å². The lowest BCUT2D eigenvalue weighted by atomic mass is 10.1. The highest BCUT2D eigenvalue weighted by molar-refractivity contribution is 5.98. The molecule has 0 bridgehead atoms. The number of nitrogens with one attached hydrogen (secondary N) is 1. The molecule has 2 saturated heterocycles. The van der Waals surface area contributed by atoms with Gasteiger partial charge in [0.05, 0.1) is 6.61 Å². The van der Waals surface area contributed by atoms with Crippen molar-refractivity contribution in [3.63, 3.8) is 0 Å². The van der Waals surface area contributed by atoms with Crippen LogP contribution in [0.15, 0.2) is 54.6 Å². The normalized spacial score (nSPS) is 20.7. The Bertz CT molecular complexity index is 950. The van der Waals surface area contributed by atoms with E-state index in [1.54, 1.807) is 12.0 Å². The Morgan fingerprint density at radius 2 is 1.79 bits per heavy atom. The van der Waals surface area contributed by atoms with Gasteiger partial charge in [-0.2, -0.15) is 0 Å². The van der Waals surface area contributed by atoms with Crippen molar-refractivity contribution in [3.8, 4) is 0 Å². The van der Waals surface area contributed by atoms with Gasteiger partial charge in [0, 0.05) is 64.5 Å². The molecule has 2 heterocycles. The van der Waals surface area contributed by atoms with Gasteiger partial charge in [-0.05, 0) is 36.2 Å². The van der Waals surface area contributed by atoms with E-state index in [9.17, 15) is 14.0 Å². The second-order valence-electron chi connectivity index (χ2n) is 8.89. The Morgan fingerprint density at radius 1 is 1.09 bits per heavy atom. The summed E-state index contributed by atoms with van der Waals surface area (Å²) in [6, 6.07) is 15.2. The van der Waals surface area contributed by atoms with Crippen LogP contribution in [0.2, 0.25) is 0 Å². The molecule has 2 aliphatic rings. The minimum Gasteiger partial charge on any atom is -0.383 e. The third-order valence-corrected chi connectivity index (χ3v) is 6.67. The molecule has 7 nitrogen and oxygen atoms in total. The molecule has 2 amide bonds. The van der Waals surface area contributed by atoms with Crippen LogP contribution < -0.4 is 5.32 Å². The summed E-state index contributed by atoms with van der Waals surface area (Å²) in [5.41, 5.74) is 1.57. The molecule has 0 spiro atoms. The van der Waals surface area contributed by atoms with Crippen molar-refractivity contribution >= 4 is 11.8 Å². The molecule has 182 valence electrons. The van der Waals surface area contributed by atoms with E-state index in [0.717, 1.165) is 13.1 Å². The number of ether oxygens (including phenoxy) is 1. The van der Waals surface area contributed by atoms with Crippen LogP contribution >= 0.6 is 0 Å². The van der Waals surface area contributed by atoms with Gasteiger partial charge in [0.25, 0.3) is 5.91 Å². The van der Waals surface area contributed by atoms with Gasteiger partial charge < -0.3 is 19.9 Å². The molecule has 2 fully saturated rings. The number of methoxy groups -OCH3 is 1. The highest BCUT2D eigenvalue weighted by Crippen LogP contribution is 2.27. The quantitative estimate of drug-likeness (QED) is 0.642. The van der Waals surface area contributed by atoms with Gasteiger partial charge in [-0.3, -0.25) is 14.5 Å². The van der Waals surface area contributed by atoms with E-state index in [-0.39, 0.29) is 17.9 Å². The number of halogens is 1. The van der Waals surface area contributed by atoms with E-state index < -0.39 is 11.9 Å². The summed E-state index contributed by atoms with van der Waals surface area (Å²) in [5.74, 6) is -0.633. The minimum absolute atomic E-state index is 0.00846. The van der Waals surface area contributed by atoms with Gasteiger partial charge in [-0.1, -0.05) is 30.3 Å². The monoisotopic (exact) mass is 468 g/mol. The fourth-order valence-corrected chi connectivity index (χ4v) is 4.81. The molecule has 4 rings (SSSR count). The number of carbonyl (C=O) groups excluding carboxylic acids is 2. The number of hydrogen-bond donors (Lipinski definition) is 1. The van der Waals surface area contributed by atoms with Crippen molar-refractivity contribution in [1.82, 2.24) is 20.0 Å². The smallest absolute Gasteiger partial charge is 0.254 e. The minimum atomic E-state index is -0.540. The molecule has 0 radical (unpaired) electrons. The number of piperazine rings is 1. The first-order valence-electron chi connectivity index (χ1n) is 11.9. The van der Waals surface area contributed by atoms with Crippen molar-refractivity contribution in [2.24, 2.45) is 0 Å². The van der Waals surface area contributed by atoms with Gasteiger partial charge in [0.2, 0.25) is 5.91 Å². The third kappa shape index (κ3) is 5.81. The first kappa shape index (κ1) is 24.3. The third-order valence-electron chi connectivity index (χ3n) is 6.67. The van der Waals surface area contributed by atoms with Crippen LogP contribution in [0.4, 0.5) is 4.39 Å². The average Bonchev–Trinajstić information content (AvgIpc) is 3.32. The number of benzene rings is 2. The molecule has 2 aromatic carbocycles. The van der Waals surface area contributed by atoms with Crippen molar-refractivity contribution in [2.75, 3.05) is 53.0 Å². The Balaban J connectivity index is 1.58. The molecule has 0 aromatic heterocycles. The largest absolute Gasteiger partial charge is 0.383 e. The van der Waals surface area contributed by atoms with E-state index in [0.29, 0.717) is 51.3 Å². The zero-order valence-corrected chi connectivity index (χ0v) is 19.7. The molecular formula is C26H33FN4O3. The fourth-order valence-electron chi connectivity index (χ4n) is 4.81. The summed E-state index contributed by atoms with van der Waals surface area (Å²) in [4.78, 5) is 32.9. The van der Waals surface area contributed by atoms with Gasteiger partial charge >= 0.3 is 0 Å². The molecular weight excluding hydrogens is 435 g/mol. The van der Waals surface area contributed by atoms with Gasteiger partial charge in [0.1, 0.15) is 11.9 Å². The van der Waals surface area contributed by atoms with Crippen molar-refractivity contribution in [3.05, 3.63) is 71.5 Å². The van der Waals surface area contributed by atoms with E-state index in [1.807, 2.05) is 23.1 Å². The van der Waals surface area contributed by atoms with Crippen LogP contribution in [-0.4, -0.2) is 91.6 Å². The van der Waals surface area contributed by atoms with Crippen molar-refractivity contribution in [1.29, 1.82) is 0 Å². The molecule has 34 heavy (non-hydrogen) atoms. The second kappa shape index (κ2) is 11.6. The summed E-state index contributed by atoms with van der Waals surface area (Å²) in [6.07, 6.45) is 0.562. The standard InChI is InChI=1S/C26H33FN4O3/c1-34-16-15-30(18-20-5-3-2-4-6-20)23-17-24(26(33)29-13-11-28-12-14-29)31(19-23)25(32)21-7-9-22(27)10-8-21/h2-10,23-24,28H,11-19H2,1H3. The Labute approximate surface area is 200 Å². The lowest BCUT2D eigenvalue weighted by Crippen LogP contribution is -2.53. The number of likely N-dealkylation sites (tertiary alicyclic amines) is 1. The number of rotatable bonds is 8. The van der Waals surface area contributed by atoms with Gasteiger partial charge in [-0.25, -0.2) is 4.39 Å². The molecule has 1 N–H and O–H groups in total. The summed E-state index contributed by atoms with van der Waals surface area (Å²) in [5, 5.41) is 3.27. The lowest BCUT2D eigenvalue weighted by Gasteiger charge is -2.32. The second-order valence-corrected chi connectivity index (χ2v) is 8.89. The number of hydrogen-bond acceptors (Lipinski definition) is 5. The Kier molecular flexibility index (Phi) is 8.26. The van der Waals surface area contributed by atoms with Crippen LogP contribution in [0.5, 0.6) is 0 Å². The number of amides is 2. The van der Waals surface area contributed by atoms with E-state index >= 15 is 0 Å². The van der Waals surface area contributed by atoms with Gasteiger partial charge in [-0.15, -0.1) is 0 Å². The van der Waals surface area contributed by atoms with E-state index in [4.69, 9.17) is 4.74 Å². The Morgan fingerprint density at radius 3 is 2.47 bits per heavy atom. The molecule has 0 aliphatic carbocycles. The van der Waals surface area contributed by atoms with Crippen LogP contribution in [0.3, 0.4) is 0 Å². The lowest BCUT2D eigenvalue weighted by molar-refractivity contribution is -0.135. The predicted molar refractivity (Wildman–Crippen MR) is 128 cm³/mol. The summed E-state index contributed by atoms with van der Waals surface area (Å²) < 4.78 is 18.8. The predicted octanol–water partition coefficient (Wildman–Crippen LogP) is 1.99. The van der Waals surface area contributed by atoms with Crippen molar-refractivity contribution < 1.29 is 18.7 Å². The van der Waals surface area contributed by atoms with Gasteiger partial charge in [0.15, 0.2) is 0 Å². The first-order valence-corrected chi connectivity index (χ1v) is 11.9.